The number of aromatic nitrogens is 3. The number of hydrogen-bond donors (Lipinski definition) is 4. The van der Waals surface area contributed by atoms with Gasteiger partial charge in [0.25, 0.3) is 5.56 Å². The largest absolute Gasteiger partial charge is 0.387 e. The van der Waals surface area contributed by atoms with E-state index in [1.54, 1.807) is 30.5 Å². The minimum absolute atomic E-state index is 0.211. The van der Waals surface area contributed by atoms with Crippen molar-refractivity contribution < 1.29 is 5.11 Å². The fraction of sp³-hybridized carbons (Fsp3) is 0.357. The maximum absolute atomic E-state index is 12.9. The SMILES string of the molecule is Cc1cc(N2CCC(N(C)C)CC2)cc2[nH]c(-c3c(NC[C@@H](O)c4cccc(Cl)c4)cc[nH]c3=O)nc12. The predicted molar refractivity (Wildman–Crippen MR) is 151 cm³/mol. The number of nitrogens with one attached hydrogen (secondary N) is 3. The van der Waals surface area contributed by atoms with E-state index in [0.29, 0.717) is 33.7 Å². The van der Waals surface area contributed by atoms with Gasteiger partial charge in [-0.15, -0.1) is 0 Å². The summed E-state index contributed by atoms with van der Waals surface area (Å²) in [5.41, 5.74) is 5.41. The molecule has 1 aliphatic heterocycles. The van der Waals surface area contributed by atoms with Gasteiger partial charge in [-0.05, 0) is 75.3 Å². The first-order chi connectivity index (χ1) is 17.8. The fourth-order valence-electron chi connectivity index (χ4n) is 5.11. The standard InChI is InChI=1S/C28H33ClN6O2/c1-17-13-21(35-11-8-20(9-12-35)34(2)3)15-23-26(17)33-27(32-23)25-22(7-10-30-28(25)37)31-16-24(36)18-5-4-6-19(29)14-18/h4-7,10,13-15,20,24,36H,8-9,11-12,16H2,1-3H3,(H,32,33)(H2,30,31,37)/t24-/m1/s1. The third kappa shape index (κ3) is 5.37. The van der Waals surface area contributed by atoms with Crippen LogP contribution in [0.4, 0.5) is 11.4 Å². The number of piperidine rings is 1. The van der Waals surface area contributed by atoms with E-state index < -0.39 is 6.10 Å². The van der Waals surface area contributed by atoms with E-state index in [0.717, 1.165) is 42.5 Å². The first-order valence-electron chi connectivity index (χ1n) is 12.6. The highest BCUT2D eigenvalue weighted by molar-refractivity contribution is 6.30. The minimum Gasteiger partial charge on any atom is -0.387 e. The summed E-state index contributed by atoms with van der Waals surface area (Å²) in [4.78, 5) is 28.6. The third-order valence-corrected chi connectivity index (χ3v) is 7.47. The number of aromatic amines is 2. The van der Waals surface area contributed by atoms with Crippen LogP contribution < -0.4 is 15.8 Å². The Kier molecular flexibility index (Phi) is 7.24. The molecule has 0 unspecified atom stereocenters. The number of fused-ring (bicyclic) bond motifs is 1. The Balaban J connectivity index is 1.41. The predicted octanol–water partition coefficient (Wildman–Crippen LogP) is 4.56. The molecule has 0 spiro atoms. The van der Waals surface area contributed by atoms with Crippen LogP contribution in [-0.4, -0.2) is 64.7 Å². The summed E-state index contributed by atoms with van der Waals surface area (Å²) in [6, 6.07) is 13.8. The number of halogens is 1. The van der Waals surface area contributed by atoms with Gasteiger partial charge in [-0.25, -0.2) is 4.98 Å². The molecule has 0 saturated carbocycles. The molecule has 5 rings (SSSR count). The van der Waals surface area contributed by atoms with Gasteiger partial charge < -0.3 is 30.2 Å². The average molecular weight is 521 g/mol. The van der Waals surface area contributed by atoms with Crippen LogP contribution in [0.1, 0.15) is 30.1 Å². The molecule has 2 aromatic carbocycles. The van der Waals surface area contributed by atoms with Crippen LogP contribution in [-0.2, 0) is 0 Å². The number of anilines is 2. The summed E-state index contributed by atoms with van der Waals surface area (Å²) < 4.78 is 0. The molecule has 9 heteroatoms. The highest BCUT2D eigenvalue weighted by Gasteiger charge is 2.22. The van der Waals surface area contributed by atoms with E-state index in [1.165, 1.54) is 5.69 Å². The first-order valence-corrected chi connectivity index (χ1v) is 13.0. The van der Waals surface area contributed by atoms with Crippen LogP contribution in [0.25, 0.3) is 22.4 Å². The molecule has 37 heavy (non-hydrogen) atoms. The lowest BCUT2D eigenvalue weighted by Gasteiger charge is -2.36. The average Bonchev–Trinajstić information content (AvgIpc) is 3.31. The van der Waals surface area contributed by atoms with Crippen LogP contribution >= 0.6 is 11.6 Å². The quantitative estimate of drug-likeness (QED) is 0.285. The molecule has 2 aromatic heterocycles. The Morgan fingerprint density at radius 1 is 1.22 bits per heavy atom. The van der Waals surface area contributed by atoms with Crippen molar-refractivity contribution in [2.45, 2.75) is 31.9 Å². The van der Waals surface area contributed by atoms with E-state index in [9.17, 15) is 9.90 Å². The first kappa shape index (κ1) is 25.3. The fourth-order valence-corrected chi connectivity index (χ4v) is 5.31. The van der Waals surface area contributed by atoms with Crippen molar-refractivity contribution in [1.29, 1.82) is 0 Å². The van der Waals surface area contributed by atoms with Gasteiger partial charge in [0, 0.05) is 42.6 Å². The van der Waals surface area contributed by atoms with Gasteiger partial charge >= 0.3 is 0 Å². The van der Waals surface area contributed by atoms with Gasteiger partial charge in [-0.1, -0.05) is 23.7 Å². The zero-order chi connectivity index (χ0) is 26.1. The van der Waals surface area contributed by atoms with E-state index in [1.807, 2.05) is 6.07 Å². The number of imidazole rings is 1. The van der Waals surface area contributed by atoms with Crippen molar-refractivity contribution in [3.05, 3.63) is 75.2 Å². The van der Waals surface area contributed by atoms with Crippen LogP contribution in [0.2, 0.25) is 5.02 Å². The van der Waals surface area contributed by atoms with Gasteiger partial charge in [-0.2, -0.15) is 0 Å². The van der Waals surface area contributed by atoms with Crippen LogP contribution in [0.3, 0.4) is 0 Å². The molecule has 0 radical (unpaired) electrons. The molecular weight excluding hydrogens is 488 g/mol. The number of pyridine rings is 1. The molecule has 194 valence electrons. The van der Waals surface area contributed by atoms with Crippen LogP contribution in [0.5, 0.6) is 0 Å². The van der Waals surface area contributed by atoms with E-state index in [2.05, 4.69) is 58.2 Å². The number of H-pyrrole nitrogens is 2. The third-order valence-electron chi connectivity index (χ3n) is 7.24. The van der Waals surface area contributed by atoms with Gasteiger partial charge in [0.05, 0.1) is 22.8 Å². The lowest BCUT2D eigenvalue weighted by atomic mass is 10.0. The number of nitrogens with zero attached hydrogens (tertiary/aromatic N) is 3. The zero-order valence-corrected chi connectivity index (χ0v) is 22.1. The second kappa shape index (κ2) is 10.6. The maximum Gasteiger partial charge on any atom is 0.261 e. The maximum atomic E-state index is 12.9. The van der Waals surface area contributed by atoms with E-state index >= 15 is 0 Å². The topological polar surface area (TPSA) is 100 Å². The number of aliphatic hydroxyl groups excluding tert-OH is 1. The Morgan fingerprint density at radius 3 is 2.73 bits per heavy atom. The molecule has 0 amide bonds. The van der Waals surface area contributed by atoms with Gasteiger partial charge in [-0.3, -0.25) is 4.79 Å². The molecule has 4 N–H and O–H groups in total. The van der Waals surface area contributed by atoms with Crippen molar-refractivity contribution >= 4 is 34.0 Å². The van der Waals surface area contributed by atoms with Crippen LogP contribution in [0.15, 0.2) is 53.5 Å². The second-order valence-electron chi connectivity index (χ2n) is 9.97. The van der Waals surface area contributed by atoms with Crippen molar-refractivity contribution in [2.75, 3.05) is 43.9 Å². The number of hydrogen-bond acceptors (Lipinski definition) is 6. The molecule has 1 aliphatic rings. The van der Waals surface area contributed by atoms with Crippen molar-refractivity contribution in [1.82, 2.24) is 19.9 Å². The normalized spacial score (nSPS) is 15.5. The monoisotopic (exact) mass is 520 g/mol. The smallest absolute Gasteiger partial charge is 0.261 e. The van der Waals surface area contributed by atoms with Gasteiger partial charge in [0.15, 0.2) is 0 Å². The second-order valence-corrected chi connectivity index (χ2v) is 10.4. The summed E-state index contributed by atoms with van der Waals surface area (Å²) in [6.07, 6.45) is 3.06. The summed E-state index contributed by atoms with van der Waals surface area (Å²) in [5.74, 6) is 0.489. The molecule has 1 saturated heterocycles. The number of aryl methyl sites for hydroxylation is 1. The summed E-state index contributed by atoms with van der Waals surface area (Å²) in [5, 5.41) is 14.4. The lowest BCUT2D eigenvalue weighted by molar-refractivity contribution is 0.191. The summed E-state index contributed by atoms with van der Waals surface area (Å²) in [6.45, 7) is 4.29. The summed E-state index contributed by atoms with van der Waals surface area (Å²) in [7, 11) is 4.30. The highest BCUT2D eigenvalue weighted by atomic mass is 35.5. The molecule has 4 aromatic rings. The Labute approximate surface area is 221 Å². The molecular formula is C28H33ClN6O2. The molecule has 0 aliphatic carbocycles. The van der Waals surface area contributed by atoms with E-state index in [4.69, 9.17) is 16.6 Å². The molecule has 3 heterocycles. The molecule has 8 nitrogen and oxygen atoms in total. The Morgan fingerprint density at radius 2 is 2.00 bits per heavy atom. The Hall–Kier alpha value is -3.33. The molecule has 1 fully saturated rings. The zero-order valence-electron chi connectivity index (χ0n) is 21.4. The number of aliphatic hydroxyl groups is 1. The number of benzene rings is 2. The molecule has 0 bridgehead atoms. The Bertz CT molecular complexity index is 1450. The summed E-state index contributed by atoms with van der Waals surface area (Å²) >= 11 is 6.07. The molecule has 1 atom stereocenters. The van der Waals surface area contributed by atoms with Crippen molar-refractivity contribution in [3.8, 4) is 11.4 Å². The van der Waals surface area contributed by atoms with Crippen molar-refractivity contribution in [3.63, 3.8) is 0 Å². The van der Waals surface area contributed by atoms with Crippen molar-refractivity contribution in [2.24, 2.45) is 0 Å². The van der Waals surface area contributed by atoms with E-state index in [-0.39, 0.29) is 12.1 Å². The van der Waals surface area contributed by atoms with Gasteiger partial charge in [0.2, 0.25) is 0 Å². The highest BCUT2D eigenvalue weighted by Crippen LogP contribution is 2.31. The number of rotatable bonds is 7. The lowest BCUT2D eigenvalue weighted by Crippen LogP contribution is -2.42. The van der Waals surface area contributed by atoms with Crippen LogP contribution in [0, 0.1) is 6.92 Å². The van der Waals surface area contributed by atoms with Gasteiger partial charge in [0.1, 0.15) is 11.4 Å². The minimum atomic E-state index is -0.789.